The number of rotatable bonds is 4. The zero-order valence-electron chi connectivity index (χ0n) is 11.7. The van der Waals surface area contributed by atoms with Gasteiger partial charge in [0.2, 0.25) is 10.0 Å². The quantitative estimate of drug-likeness (QED) is 0.906. The van der Waals surface area contributed by atoms with Crippen molar-refractivity contribution in [2.24, 2.45) is 8.73 Å². The summed E-state index contributed by atoms with van der Waals surface area (Å²) in [6, 6.07) is 4.81. The van der Waals surface area contributed by atoms with Crippen molar-refractivity contribution in [2.75, 3.05) is 0 Å². The maximum absolute atomic E-state index is 12.5. The summed E-state index contributed by atoms with van der Waals surface area (Å²) >= 11 is 0.965. The lowest BCUT2D eigenvalue weighted by molar-refractivity contribution is 0.00639. The Balaban J connectivity index is 2.44. The number of benzene rings is 1. The second kappa shape index (κ2) is 4.73. The van der Waals surface area contributed by atoms with Gasteiger partial charge in [-0.25, -0.2) is 13.1 Å². The van der Waals surface area contributed by atoms with Crippen molar-refractivity contribution in [3.63, 3.8) is 0 Å². The third-order valence-corrected chi connectivity index (χ3v) is 5.69. The largest absolute Gasteiger partial charge is 0.389 e. The first-order valence-electron chi connectivity index (χ1n) is 6.02. The van der Waals surface area contributed by atoms with Gasteiger partial charge >= 0.3 is 0 Å². The SMILES string of the molecule is CC(C)(O)C(C)(C)NS(=O)(=O)c1cccc2c1N=S=N2. The second-order valence-electron chi connectivity index (χ2n) is 5.68. The van der Waals surface area contributed by atoms with Gasteiger partial charge in [0, 0.05) is 0 Å². The minimum absolute atomic E-state index is 0.0704. The van der Waals surface area contributed by atoms with Gasteiger partial charge in [-0.2, -0.15) is 8.73 Å². The van der Waals surface area contributed by atoms with Crippen molar-refractivity contribution >= 4 is 32.8 Å². The molecule has 110 valence electrons. The van der Waals surface area contributed by atoms with Crippen LogP contribution in [0.15, 0.2) is 31.8 Å². The highest BCUT2D eigenvalue weighted by atomic mass is 32.2. The van der Waals surface area contributed by atoms with E-state index in [0.717, 1.165) is 11.4 Å². The Bertz CT molecular complexity index is 712. The molecule has 0 aliphatic carbocycles. The van der Waals surface area contributed by atoms with Crippen molar-refractivity contribution in [3.05, 3.63) is 18.2 Å². The molecule has 8 heteroatoms. The summed E-state index contributed by atoms with van der Waals surface area (Å²) in [6.07, 6.45) is 0. The van der Waals surface area contributed by atoms with E-state index in [1.165, 1.54) is 6.07 Å². The van der Waals surface area contributed by atoms with Gasteiger partial charge in [-0.3, -0.25) is 0 Å². The summed E-state index contributed by atoms with van der Waals surface area (Å²) < 4.78 is 35.6. The minimum atomic E-state index is -3.80. The van der Waals surface area contributed by atoms with Crippen LogP contribution >= 0.6 is 0 Å². The molecule has 2 N–H and O–H groups in total. The van der Waals surface area contributed by atoms with Crippen LogP contribution in [-0.4, -0.2) is 24.7 Å². The number of fused-ring (bicyclic) bond motifs is 1. The van der Waals surface area contributed by atoms with Gasteiger partial charge in [-0.05, 0) is 39.8 Å². The van der Waals surface area contributed by atoms with Crippen LogP contribution in [0.4, 0.5) is 11.4 Å². The van der Waals surface area contributed by atoms with Crippen molar-refractivity contribution < 1.29 is 13.5 Å². The summed E-state index contributed by atoms with van der Waals surface area (Å²) in [5.41, 5.74) is -1.36. The Morgan fingerprint density at radius 2 is 1.85 bits per heavy atom. The Morgan fingerprint density at radius 3 is 2.45 bits per heavy atom. The Morgan fingerprint density at radius 1 is 1.20 bits per heavy atom. The van der Waals surface area contributed by atoms with Gasteiger partial charge in [0.1, 0.15) is 16.3 Å². The normalized spacial score (nSPS) is 15.1. The highest BCUT2D eigenvalue weighted by Gasteiger charge is 2.39. The zero-order chi connectivity index (χ0) is 15.2. The molecule has 0 saturated carbocycles. The molecule has 1 aromatic carbocycles. The molecule has 1 aliphatic rings. The van der Waals surface area contributed by atoms with Gasteiger partial charge in [-0.15, -0.1) is 0 Å². The second-order valence-corrected chi connectivity index (χ2v) is 7.86. The molecule has 1 aliphatic heterocycles. The van der Waals surface area contributed by atoms with Gasteiger partial charge in [0.05, 0.1) is 22.5 Å². The molecule has 0 amide bonds. The first-order valence-corrected chi connectivity index (χ1v) is 8.24. The van der Waals surface area contributed by atoms with E-state index < -0.39 is 21.2 Å². The molecule has 0 spiro atoms. The number of hydrogen-bond acceptors (Lipinski definition) is 5. The van der Waals surface area contributed by atoms with E-state index in [0.29, 0.717) is 11.4 Å². The van der Waals surface area contributed by atoms with Crippen molar-refractivity contribution in [1.29, 1.82) is 0 Å². The summed E-state index contributed by atoms with van der Waals surface area (Å²) in [5.74, 6) is 0. The highest BCUT2D eigenvalue weighted by molar-refractivity contribution is 7.89. The van der Waals surface area contributed by atoms with Crippen LogP contribution in [-0.2, 0) is 21.4 Å². The maximum Gasteiger partial charge on any atom is 0.243 e. The molecule has 6 nitrogen and oxygen atoms in total. The zero-order valence-corrected chi connectivity index (χ0v) is 13.3. The number of nitrogens with zero attached hydrogens (tertiary/aromatic N) is 2. The van der Waals surface area contributed by atoms with Crippen LogP contribution < -0.4 is 4.72 Å². The number of sulfonamides is 1. The molecule has 0 saturated heterocycles. The summed E-state index contributed by atoms with van der Waals surface area (Å²) in [6.45, 7) is 6.37. The summed E-state index contributed by atoms with van der Waals surface area (Å²) in [7, 11) is -3.80. The number of nitrogens with one attached hydrogen (secondary N) is 1. The van der Waals surface area contributed by atoms with Gasteiger partial charge in [0.15, 0.2) is 0 Å². The smallest absolute Gasteiger partial charge is 0.243 e. The van der Waals surface area contributed by atoms with Crippen LogP contribution in [0, 0.1) is 0 Å². The molecule has 0 aromatic heterocycles. The van der Waals surface area contributed by atoms with Gasteiger partial charge in [0.25, 0.3) is 0 Å². The monoisotopic (exact) mass is 315 g/mol. The minimum Gasteiger partial charge on any atom is -0.389 e. The van der Waals surface area contributed by atoms with Crippen LogP contribution in [0.3, 0.4) is 0 Å². The lowest BCUT2D eigenvalue weighted by Crippen LogP contribution is -2.57. The van der Waals surface area contributed by atoms with Crippen LogP contribution in [0.5, 0.6) is 0 Å². The molecule has 0 unspecified atom stereocenters. The van der Waals surface area contributed by atoms with Crippen LogP contribution in [0.2, 0.25) is 0 Å². The third kappa shape index (κ3) is 2.69. The molecule has 0 fully saturated rings. The number of aliphatic hydroxyl groups is 1. The molecule has 1 aromatic rings. The fourth-order valence-electron chi connectivity index (χ4n) is 1.51. The highest BCUT2D eigenvalue weighted by Crippen LogP contribution is 2.38. The van der Waals surface area contributed by atoms with E-state index in [-0.39, 0.29) is 4.90 Å². The lowest BCUT2D eigenvalue weighted by Gasteiger charge is -2.37. The first-order chi connectivity index (χ1) is 9.05. The topological polar surface area (TPSA) is 91.1 Å². The van der Waals surface area contributed by atoms with E-state index >= 15 is 0 Å². The molecule has 1 heterocycles. The predicted molar refractivity (Wildman–Crippen MR) is 78.7 cm³/mol. The van der Waals surface area contributed by atoms with Crippen LogP contribution in [0.25, 0.3) is 0 Å². The third-order valence-electron chi connectivity index (χ3n) is 3.46. The molecule has 2 rings (SSSR count). The van der Waals surface area contributed by atoms with Crippen LogP contribution in [0.1, 0.15) is 27.7 Å². The maximum atomic E-state index is 12.5. The van der Waals surface area contributed by atoms with E-state index in [9.17, 15) is 13.5 Å². The van der Waals surface area contributed by atoms with Crippen molar-refractivity contribution in [3.8, 4) is 0 Å². The van der Waals surface area contributed by atoms with Gasteiger partial charge < -0.3 is 5.11 Å². The van der Waals surface area contributed by atoms with E-state index in [2.05, 4.69) is 13.4 Å². The molecule has 0 bridgehead atoms. The lowest BCUT2D eigenvalue weighted by atomic mass is 9.87. The first kappa shape index (κ1) is 15.3. The summed E-state index contributed by atoms with van der Waals surface area (Å²) in [4.78, 5) is 0.0704. The molecular formula is C12H17N3O3S2. The van der Waals surface area contributed by atoms with Crippen molar-refractivity contribution in [2.45, 2.75) is 43.7 Å². The van der Waals surface area contributed by atoms with Gasteiger partial charge in [-0.1, -0.05) is 6.07 Å². The Labute approximate surface area is 122 Å². The average molecular weight is 315 g/mol. The van der Waals surface area contributed by atoms with E-state index in [4.69, 9.17) is 0 Å². The van der Waals surface area contributed by atoms with E-state index in [1.807, 2.05) is 0 Å². The predicted octanol–water partition coefficient (Wildman–Crippen LogP) is 2.24. The Kier molecular flexibility index (Phi) is 3.62. The van der Waals surface area contributed by atoms with E-state index in [1.54, 1.807) is 39.8 Å². The summed E-state index contributed by atoms with van der Waals surface area (Å²) in [5, 5.41) is 10.1. The fourth-order valence-corrected chi connectivity index (χ4v) is 3.82. The fraction of sp³-hybridized carbons (Fsp3) is 0.500. The molecule has 0 atom stereocenters. The molecule has 20 heavy (non-hydrogen) atoms. The molecule has 0 radical (unpaired) electrons. The molecular weight excluding hydrogens is 298 g/mol. The Hall–Kier alpha value is -1.09. The number of hydrogen-bond donors (Lipinski definition) is 2. The average Bonchev–Trinajstić information content (AvgIpc) is 2.72. The van der Waals surface area contributed by atoms with Crippen molar-refractivity contribution in [1.82, 2.24) is 4.72 Å². The standard InChI is InChI=1S/C12H17N3O3S2/c1-11(2,12(3,4)16)15-20(17,18)9-7-5-6-8-10(9)14-19-13-8/h5-7,15-16H,1-4H3.